The van der Waals surface area contributed by atoms with Gasteiger partial charge in [-0.25, -0.2) is 4.79 Å². The molecule has 0 aromatic heterocycles. The van der Waals surface area contributed by atoms with E-state index in [1.165, 1.54) is 0 Å². The van der Waals surface area contributed by atoms with Crippen molar-refractivity contribution in [2.45, 2.75) is 64.1 Å². The van der Waals surface area contributed by atoms with E-state index in [2.05, 4.69) is 17.2 Å². The number of ether oxygens (including phenoxy) is 1. The van der Waals surface area contributed by atoms with Crippen LogP contribution in [0, 0.1) is 0 Å². The molecule has 4 nitrogen and oxygen atoms in total. The normalized spacial score (nSPS) is 24.4. The summed E-state index contributed by atoms with van der Waals surface area (Å²) in [4.78, 5) is 11.6. The number of amides is 1. The Hall–Kier alpha value is -1.03. The molecule has 0 bridgehead atoms. The van der Waals surface area contributed by atoms with Crippen molar-refractivity contribution < 1.29 is 9.53 Å². The van der Waals surface area contributed by atoms with Gasteiger partial charge in [0.1, 0.15) is 5.60 Å². The summed E-state index contributed by atoms with van der Waals surface area (Å²) in [5, 5.41) is 6.36. The molecule has 1 rings (SSSR count). The molecule has 4 heteroatoms. The summed E-state index contributed by atoms with van der Waals surface area (Å²) in [7, 11) is 0. The van der Waals surface area contributed by atoms with E-state index < -0.39 is 5.60 Å². The van der Waals surface area contributed by atoms with Crippen molar-refractivity contribution in [2.24, 2.45) is 0 Å². The summed E-state index contributed by atoms with van der Waals surface area (Å²) in [5.74, 6) is 0. The van der Waals surface area contributed by atoms with Crippen LogP contribution in [0.2, 0.25) is 0 Å². The molecule has 104 valence electrons. The molecule has 18 heavy (non-hydrogen) atoms. The minimum absolute atomic E-state index is 0.252. The summed E-state index contributed by atoms with van der Waals surface area (Å²) in [6.45, 7) is 10.2. The van der Waals surface area contributed by atoms with Crippen molar-refractivity contribution in [1.29, 1.82) is 0 Å². The van der Waals surface area contributed by atoms with Crippen LogP contribution >= 0.6 is 0 Å². The molecule has 0 saturated heterocycles. The zero-order valence-electron chi connectivity index (χ0n) is 11.8. The van der Waals surface area contributed by atoms with Crippen LogP contribution in [0.15, 0.2) is 12.7 Å². The Bertz CT molecular complexity index is 276. The van der Waals surface area contributed by atoms with Gasteiger partial charge in [0.05, 0.1) is 0 Å². The molecule has 0 unspecified atom stereocenters. The van der Waals surface area contributed by atoms with E-state index >= 15 is 0 Å². The van der Waals surface area contributed by atoms with Gasteiger partial charge in [-0.2, -0.15) is 0 Å². The van der Waals surface area contributed by atoms with Gasteiger partial charge in [0.15, 0.2) is 0 Å². The molecular formula is C14H26N2O2. The van der Waals surface area contributed by atoms with Crippen molar-refractivity contribution in [3.05, 3.63) is 12.7 Å². The van der Waals surface area contributed by atoms with E-state index in [9.17, 15) is 4.79 Å². The predicted octanol–water partition coefficient (Wildman–Crippen LogP) is 2.60. The number of nitrogens with one attached hydrogen (secondary N) is 2. The van der Waals surface area contributed by atoms with E-state index in [0.717, 1.165) is 32.2 Å². The van der Waals surface area contributed by atoms with Crippen LogP contribution in [-0.4, -0.2) is 30.3 Å². The number of carbonyl (C=O) groups excluding carboxylic acids is 1. The van der Waals surface area contributed by atoms with Crippen molar-refractivity contribution in [2.75, 3.05) is 6.54 Å². The third kappa shape index (κ3) is 6.05. The molecular weight excluding hydrogens is 228 g/mol. The zero-order chi connectivity index (χ0) is 13.6. The van der Waals surface area contributed by atoms with Crippen LogP contribution in [0.5, 0.6) is 0 Å². The summed E-state index contributed by atoms with van der Waals surface area (Å²) in [6, 6.07) is 0.807. The van der Waals surface area contributed by atoms with Crippen LogP contribution < -0.4 is 10.6 Å². The number of hydrogen-bond acceptors (Lipinski definition) is 3. The first-order valence-corrected chi connectivity index (χ1v) is 6.74. The monoisotopic (exact) mass is 254 g/mol. The first-order valence-electron chi connectivity index (χ1n) is 6.74. The molecule has 0 spiro atoms. The van der Waals surface area contributed by atoms with Gasteiger partial charge in [-0.3, -0.25) is 0 Å². The molecule has 0 atom stereocenters. The number of rotatable bonds is 4. The van der Waals surface area contributed by atoms with Gasteiger partial charge >= 0.3 is 6.09 Å². The van der Waals surface area contributed by atoms with Gasteiger partial charge in [0.25, 0.3) is 0 Å². The van der Waals surface area contributed by atoms with Gasteiger partial charge in [-0.15, -0.1) is 6.58 Å². The van der Waals surface area contributed by atoms with E-state index in [1.807, 2.05) is 26.8 Å². The van der Waals surface area contributed by atoms with Crippen molar-refractivity contribution in [3.63, 3.8) is 0 Å². The lowest BCUT2D eigenvalue weighted by Gasteiger charge is -2.30. The molecule has 1 saturated carbocycles. The van der Waals surface area contributed by atoms with E-state index in [-0.39, 0.29) is 12.1 Å². The third-order valence-corrected chi connectivity index (χ3v) is 3.00. The van der Waals surface area contributed by atoms with Gasteiger partial charge in [0, 0.05) is 18.6 Å². The largest absolute Gasteiger partial charge is 0.444 e. The minimum atomic E-state index is -0.424. The molecule has 1 aliphatic rings. The maximum absolute atomic E-state index is 11.6. The fourth-order valence-electron chi connectivity index (χ4n) is 2.17. The van der Waals surface area contributed by atoms with Crippen LogP contribution in [0.25, 0.3) is 0 Å². The van der Waals surface area contributed by atoms with E-state index in [4.69, 9.17) is 4.74 Å². The molecule has 0 heterocycles. The Morgan fingerprint density at radius 3 is 2.33 bits per heavy atom. The number of hydrogen-bond donors (Lipinski definition) is 2. The maximum Gasteiger partial charge on any atom is 0.407 e. The van der Waals surface area contributed by atoms with Gasteiger partial charge in [-0.1, -0.05) is 6.08 Å². The summed E-state index contributed by atoms with van der Waals surface area (Å²) >= 11 is 0. The highest BCUT2D eigenvalue weighted by atomic mass is 16.6. The van der Waals surface area contributed by atoms with E-state index in [0.29, 0.717) is 6.04 Å². The first-order chi connectivity index (χ1) is 8.40. The fraction of sp³-hybridized carbons (Fsp3) is 0.786. The average molecular weight is 254 g/mol. The van der Waals surface area contributed by atoms with Crippen molar-refractivity contribution in [1.82, 2.24) is 10.6 Å². The highest BCUT2D eigenvalue weighted by Crippen LogP contribution is 2.19. The fourth-order valence-corrected chi connectivity index (χ4v) is 2.17. The topological polar surface area (TPSA) is 50.4 Å². The molecule has 0 radical (unpaired) electrons. The molecule has 0 aromatic rings. The maximum atomic E-state index is 11.6. The summed E-state index contributed by atoms with van der Waals surface area (Å²) < 4.78 is 5.25. The quantitative estimate of drug-likeness (QED) is 0.758. The third-order valence-electron chi connectivity index (χ3n) is 3.00. The predicted molar refractivity (Wildman–Crippen MR) is 73.6 cm³/mol. The van der Waals surface area contributed by atoms with Gasteiger partial charge in [0.2, 0.25) is 0 Å². The molecule has 1 amide bonds. The molecule has 1 aliphatic carbocycles. The highest BCUT2D eigenvalue weighted by Gasteiger charge is 2.24. The lowest BCUT2D eigenvalue weighted by atomic mass is 9.91. The zero-order valence-corrected chi connectivity index (χ0v) is 11.8. The highest BCUT2D eigenvalue weighted by molar-refractivity contribution is 5.68. The van der Waals surface area contributed by atoms with Crippen molar-refractivity contribution in [3.8, 4) is 0 Å². The molecule has 1 fully saturated rings. The average Bonchev–Trinajstić information content (AvgIpc) is 2.25. The first kappa shape index (κ1) is 15.0. The standard InChI is InChI=1S/C14H26N2O2/c1-5-10-15-11-6-8-12(9-7-11)16-13(17)18-14(2,3)4/h5,11-12,15H,1,6-10H2,2-4H3,(H,16,17). The second-order valence-electron chi connectivity index (χ2n) is 5.89. The van der Waals surface area contributed by atoms with Crippen LogP contribution in [0.1, 0.15) is 46.5 Å². The van der Waals surface area contributed by atoms with Gasteiger partial charge < -0.3 is 15.4 Å². The van der Waals surface area contributed by atoms with Crippen LogP contribution in [0.4, 0.5) is 4.79 Å². The Kier molecular flexibility index (Phi) is 5.66. The summed E-state index contributed by atoms with van der Waals surface area (Å²) in [5.41, 5.74) is -0.424. The van der Waals surface area contributed by atoms with Crippen LogP contribution in [-0.2, 0) is 4.74 Å². The minimum Gasteiger partial charge on any atom is -0.444 e. The molecule has 0 aliphatic heterocycles. The Morgan fingerprint density at radius 2 is 1.83 bits per heavy atom. The molecule has 0 aromatic carbocycles. The Morgan fingerprint density at radius 1 is 1.28 bits per heavy atom. The SMILES string of the molecule is C=CCNC1CCC(NC(=O)OC(C)(C)C)CC1. The van der Waals surface area contributed by atoms with E-state index in [1.54, 1.807) is 0 Å². The van der Waals surface area contributed by atoms with Gasteiger partial charge in [-0.05, 0) is 46.5 Å². The lowest BCUT2D eigenvalue weighted by Crippen LogP contribution is -2.43. The summed E-state index contributed by atoms with van der Waals surface area (Å²) in [6.07, 6.45) is 5.78. The lowest BCUT2D eigenvalue weighted by molar-refractivity contribution is 0.0490. The van der Waals surface area contributed by atoms with Crippen molar-refractivity contribution >= 4 is 6.09 Å². The second-order valence-corrected chi connectivity index (χ2v) is 5.89. The molecule has 2 N–H and O–H groups in total. The Labute approximate surface area is 110 Å². The number of alkyl carbamates (subject to hydrolysis) is 1. The smallest absolute Gasteiger partial charge is 0.407 e. The number of carbonyl (C=O) groups is 1. The Balaban J connectivity index is 2.23. The van der Waals surface area contributed by atoms with Crippen LogP contribution in [0.3, 0.4) is 0 Å². The second kappa shape index (κ2) is 6.78.